The predicted molar refractivity (Wildman–Crippen MR) is 51.2 cm³/mol. The summed E-state index contributed by atoms with van der Waals surface area (Å²) >= 11 is 0. The van der Waals surface area contributed by atoms with Crippen molar-refractivity contribution in [2.45, 2.75) is 51.7 Å². The molecule has 2 heteroatoms. The summed E-state index contributed by atoms with van der Waals surface area (Å²) < 4.78 is 0. The topological polar surface area (TPSA) is 23.5 Å². The van der Waals surface area contributed by atoms with Gasteiger partial charge >= 0.3 is 0 Å². The molecular formula is C10H21NO. The molecule has 0 bridgehead atoms. The highest BCUT2D eigenvalue weighted by Gasteiger charge is 2.28. The Balaban J connectivity index is 2.30. The van der Waals surface area contributed by atoms with Crippen LogP contribution in [0.3, 0.4) is 0 Å². The molecule has 12 heavy (non-hydrogen) atoms. The van der Waals surface area contributed by atoms with Gasteiger partial charge in [-0.1, -0.05) is 20.3 Å². The maximum Gasteiger partial charge on any atom is 0.0682 e. The van der Waals surface area contributed by atoms with Gasteiger partial charge in [-0.3, -0.25) is 4.90 Å². The summed E-state index contributed by atoms with van der Waals surface area (Å²) in [4.78, 5) is 2.44. The van der Waals surface area contributed by atoms with Crippen molar-refractivity contribution in [3.8, 4) is 0 Å². The Hall–Kier alpha value is -0.0800. The van der Waals surface area contributed by atoms with Crippen molar-refractivity contribution in [2.75, 3.05) is 13.1 Å². The first-order valence-corrected chi connectivity index (χ1v) is 5.20. The van der Waals surface area contributed by atoms with Gasteiger partial charge in [0.1, 0.15) is 0 Å². The van der Waals surface area contributed by atoms with E-state index in [1.165, 1.54) is 25.8 Å². The van der Waals surface area contributed by atoms with Crippen molar-refractivity contribution in [3.63, 3.8) is 0 Å². The molecule has 0 aromatic rings. The van der Waals surface area contributed by atoms with Crippen molar-refractivity contribution in [1.82, 2.24) is 4.90 Å². The molecule has 0 aromatic carbocycles. The summed E-state index contributed by atoms with van der Waals surface area (Å²) in [5, 5.41) is 9.46. The van der Waals surface area contributed by atoms with E-state index in [2.05, 4.69) is 18.7 Å². The zero-order chi connectivity index (χ0) is 8.97. The summed E-state index contributed by atoms with van der Waals surface area (Å²) in [5.41, 5.74) is 0. The Morgan fingerprint density at radius 3 is 2.75 bits per heavy atom. The van der Waals surface area contributed by atoms with Gasteiger partial charge in [-0.05, 0) is 25.8 Å². The Kier molecular flexibility index (Phi) is 4.02. The molecule has 1 heterocycles. The van der Waals surface area contributed by atoms with Crippen molar-refractivity contribution in [3.05, 3.63) is 0 Å². The van der Waals surface area contributed by atoms with Gasteiger partial charge in [-0.25, -0.2) is 0 Å². The van der Waals surface area contributed by atoms with Crippen LogP contribution in [0.1, 0.15) is 39.5 Å². The second-order valence-electron chi connectivity index (χ2n) is 3.80. The zero-order valence-corrected chi connectivity index (χ0v) is 8.29. The summed E-state index contributed by atoms with van der Waals surface area (Å²) in [6.45, 7) is 6.50. The summed E-state index contributed by atoms with van der Waals surface area (Å²) in [6.07, 6.45) is 4.62. The molecule has 1 aliphatic rings. The van der Waals surface area contributed by atoms with Crippen LogP contribution in [-0.2, 0) is 0 Å². The molecule has 2 unspecified atom stereocenters. The van der Waals surface area contributed by atoms with E-state index in [0.717, 1.165) is 13.0 Å². The van der Waals surface area contributed by atoms with Crippen LogP contribution in [0, 0.1) is 0 Å². The molecule has 1 rings (SSSR count). The maximum absolute atomic E-state index is 9.46. The lowest BCUT2D eigenvalue weighted by molar-refractivity contribution is 0.174. The SMILES string of the molecule is CCCCN1CC(O)CC1CC. The number of aliphatic hydroxyl groups is 1. The van der Waals surface area contributed by atoms with Crippen LogP contribution in [0.25, 0.3) is 0 Å². The van der Waals surface area contributed by atoms with Gasteiger partial charge in [-0.15, -0.1) is 0 Å². The highest BCUT2D eigenvalue weighted by Crippen LogP contribution is 2.20. The Morgan fingerprint density at radius 2 is 2.17 bits per heavy atom. The number of hydrogen-bond donors (Lipinski definition) is 1. The molecule has 1 aliphatic heterocycles. The van der Waals surface area contributed by atoms with Crippen LogP contribution in [0.5, 0.6) is 0 Å². The first kappa shape index (κ1) is 10.0. The summed E-state index contributed by atoms with van der Waals surface area (Å²) in [7, 11) is 0. The molecule has 2 nitrogen and oxygen atoms in total. The molecule has 2 atom stereocenters. The average molecular weight is 171 g/mol. The molecule has 1 saturated heterocycles. The fourth-order valence-corrected chi connectivity index (χ4v) is 2.02. The van der Waals surface area contributed by atoms with Gasteiger partial charge < -0.3 is 5.11 Å². The molecule has 1 fully saturated rings. The van der Waals surface area contributed by atoms with Crippen molar-refractivity contribution in [1.29, 1.82) is 0 Å². The molecule has 0 aliphatic carbocycles. The smallest absolute Gasteiger partial charge is 0.0682 e. The molecule has 0 spiro atoms. The van der Waals surface area contributed by atoms with E-state index in [1.807, 2.05) is 0 Å². The number of likely N-dealkylation sites (tertiary alicyclic amines) is 1. The first-order chi connectivity index (χ1) is 5.77. The van der Waals surface area contributed by atoms with E-state index in [9.17, 15) is 5.11 Å². The van der Waals surface area contributed by atoms with Crippen molar-refractivity contribution < 1.29 is 5.11 Å². The van der Waals surface area contributed by atoms with E-state index in [0.29, 0.717) is 6.04 Å². The number of unbranched alkanes of at least 4 members (excludes halogenated alkanes) is 1. The van der Waals surface area contributed by atoms with Crippen LogP contribution in [0.15, 0.2) is 0 Å². The molecule has 72 valence electrons. The highest BCUT2D eigenvalue weighted by atomic mass is 16.3. The Morgan fingerprint density at radius 1 is 1.42 bits per heavy atom. The van der Waals surface area contributed by atoms with Crippen LogP contribution < -0.4 is 0 Å². The maximum atomic E-state index is 9.46. The van der Waals surface area contributed by atoms with Crippen LogP contribution in [0.4, 0.5) is 0 Å². The van der Waals surface area contributed by atoms with E-state index < -0.39 is 0 Å². The molecular weight excluding hydrogens is 150 g/mol. The summed E-state index contributed by atoms with van der Waals surface area (Å²) in [6, 6.07) is 0.645. The molecule has 0 radical (unpaired) electrons. The van der Waals surface area contributed by atoms with Gasteiger partial charge in [0, 0.05) is 12.6 Å². The van der Waals surface area contributed by atoms with E-state index in [4.69, 9.17) is 0 Å². The minimum atomic E-state index is -0.0631. The second kappa shape index (κ2) is 4.83. The van der Waals surface area contributed by atoms with Gasteiger partial charge in [0.15, 0.2) is 0 Å². The van der Waals surface area contributed by atoms with Crippen molar-refractivity contribution >= 4 is 0 Å². The fourth-order valence-electron chi connectivity index (χ4n) is 2.02. The van der Waals surface area contributed by atoms with Gasteiger partial charge in [-0.2, -0.15) is 0 Å². The van der Waals surface area contributed by atoms with Crippen LogP contribution in [-0.4, -0.2) is 35.2 Å². The van der Waals surface area contributed by atoms with Crippen LogP contribution in [0.2, 0.25) is 0 Å². The molecule has 0 aromatic heterocycles. The number of hydrogen-bond acceptors (Lipinski definition) is 2. The number of aliphatic hydroxyl groups excluding tert-OH is 1. The molecule has 0 saturated carbocycles. The van der Waals surface area contributed by atoms with Crippen LogP contribution >= 0.6 is 0 Å². The minimum absolute atomic E-state index is 0.0631. The number of β-amino-alcohol motifs (C(OH)–C–C–N with tert-alkyl or cyclic N) is 1. The first-order valence-electron chi connectivity index (χ1n) is 5.20. The fraction of sp³-hybridized carbons (Fsp3) is 1.00. The average Bonchev–Trinajstić information content (AvgIpc) is 2.42. The monoisotopic (exact) mass is 171 g/mol. The predicted octanol–water partition coefficient (Wildman–Crippen LogP) is 1.63. The number of rotatable bonds is 4. The van der Waals surface area contributed by atoms with Crippen molar-refractivity contribution in [2.24, 2.45) is 0 Å². The summed E-state index contributed by atoms with van der Waals surface area (Å²) in [5.74, 6) is 0. The standard InChI is InChI=1S/C10H21NO/c1-3-5-6-11-8-10(12)7-9(11)4-2/h9-10,12H,3-8H2,1-2H3. The zero-order valence-electron chi connectivity index (χ0n) is 8.29. The van der Waals surface area contributed by atoms with E-state index in [1.54, 1.807) is 0 Å². The third-order valence-corrected chi connectivity index (χ3v) is 2.78. The lowest BCUT2D eigenvalue weighted by atomic mass is 10.1. The van der Waals surface area contributed by atoms with E-state index in [-0.39, 0.29) is 6.10 Å². The minimum Gasteiger partial charge on any atom is -0.392 e. The Labute approximate surface area is 75.6 Å². The van der Waals surface area contributed by atoms with Gasteiger partial charge in [0.2, 0.25) is 0 Å². The van der Waals surface area contributed by atoms with E-state index >= 15 is 0 Å². The lowest BCUT2D eigenvalue weighted by Crippen LogP contribution is -2.30. The molecule has 0 amide bonds. The third kappa shape index (κ3) is 2.46. The quantitative estimate of drug-likeness (QED) is 0.695. The van der Waals surface area contributed by atoms with Gasteiger partial charge in [0.25, 0.3) is 0 Å². The highest BCUT2D eigenvalue weighted by molar-refractivity contribution is 4.83. The van der Waals surface area contributed by atoms with Gasteiger partial charge in [0.05, 0.1) is 6.10 Å². The molecule has 1 N–H and O–H groups in total. The largest absolute Gasteiger partial charge is 0.392 e. The number of nitrogens with zero attached hydrogens (tertiary/aromatic N) is 1. The Bertz CT molecular complexity index is 127. The second-order valence-corrected chi connectivity index (χ2v) is 3.80. The normalized spacial score (nSPS) is 31.2. The lowest BCUT2D eigenvalue weighted by Gasteiger charge is -2.22. The third-order valence-electron chi connectivity index (χ3n) is 2.78.